The summed E-state index contributed by atoms with van der Waals surface area (Å²) >= 11 is 6.33. The Bertz CT molecular complexity index is 1330. The van der Waals surface area contributed by atoms with Crippen molar-refractivity contribution in [3.8, 4) is 0 Å². The number of anilines is 5. The van der Waals surface area contributed by atoms with E-state index in [1.807, 2.05) is 42.5 Å². The third kappa shape index (κ3) is 5.24. The zero-order chi connectivity index (χ0) is 23.3. The molecule has 0 unspecified atom stereocenters. The van der Waals surface area contributed by atoms with Crippen LogP contribution in [0.4, 0.5) is 33.6 Å². The van der Waals surface area contributed by atoms with Gasteiger partial charge in [0.05, 0.1) is 6.20 Å². The number of nitrogens with zero attached hydrogens (tertiary/aromatic N) is 3. The van der Waals surface area contributed by atoms with E-state index in [9.17, 15) is 4.79 Å². The van der Waals surface area contributed by atoms with Crippen molar-refractivity contribution in [2.45, 2.75) is 19.4 Å². The average Bonchev–Trinajstić information content (AvgIpc) is 2.86. The van der Waals surface area contributed by atoms with Gasteiger partial charge in [-0.15, -0.1) is 0 Å². The summed E-state index contributed by atoms with van der Waals surface area (Å²) in [6.07, 6.45) is 6.49. The third-order valence-corrected chi connectivity index (χ3v) is 5.71. The van der Waals surface area contributed by atoms with E-state index in [1.54, 1.807) is 18.6 Å². The fourth-order valence-electron chi connectivity index (χ4n) is 3.71. The van der Waals surface area contributed by atoms with Gasteiger partial charge in [-0.3, -0.25) is 4.98 Å². The molecule has 5 rings (SSSR count). The van der Waals surface area contributed by atoms with E-state index in [1.165, 1.54) is 0 Å². The summed E-state index contributed by atoms with van der Waals surface area (Å²) in [5.41, 5.74) is 5.58. The van der Waals surface area contributed by atoms with Crippen LogP contribution >= 0.6 is 11.6 Å². The quantitative estimate of drug-likeness (QED) is 0.317. The molecule has 0 saturated carbocycles. The molecule has 2 amide bonds. The van der Waals surface area contributed by atoms with Gasteiger partial charge in [-0.05, 0) is 72.0 Å². The van der Waals surface area contributed by atoms with Crippen molar-refractivity contribution in [1.29, 1.82) is 0 Å². The highest BCUT2D eigenvalue weighted by Crippen LogP contribution is 2.29. The number of amides is 2. The summed E-state index contributed by atoms with van der Waals surface area (Å²) in [5, 5.41) is 12.8. The minimum atomic E-state index is -0.272. The van der Waals surface area contributed by atoms with Crippen molar-refractivity contribution in [2.75, 3.05) is 16.0 Å². The molecule has 9 heteroatoms. The first kappa shape index (κ1) is 21.7. The molecule has 2 aromatic heterocycles. The Morgan fingerprint density at radius 2 is 1.85 bits per heavy atom. The fourth-order valence-corrected chi connectivity index (χ4v) is 3.85. The van der Waals surface area contributed by atoms with Gasteiger partial charge in [0.25, 0.3) is 0 Å². The van der Waals surface area contributed by atoms with Crippen LogP contribution in [0.5, 0.6) is 0 Å². The molecule has 0 radical (unpaired) electrons. The Balaban J connectivity index is 1.42. The van der Waals surface area contributed by atoms with Gasteiger partial charge in [0.15, 0.2) is 5.82 Å². The minimum Gasteiger partial charge on any atom is -0.339 e. The van der Waals surface area contributed by atoms with Crippen LogP contribution in [0.3, 0.4) is 0 Å². The van der Waals surface area contributed by atoms with Crippen LogP contribution in [0.1, 0.15) is 16.7 Å². The first-order valence-electron chi connectivity index (χ1n) is 10.8. The van der Waals surface area contributed by atoms with Crippen LogP contribution in [0.15, 0.2) is 73.2 Å². The number of halogens is 1. The SMILES string of the molecule is O=C(NCc1ccncc1)Nc1ccc2cc1CCc1cccc(c1)Nc1ncc(Cl)c(n1)N2. The lowest BCUT2D eigenvalue weighted by Crippen LogP contribution is -2.28. The number of hydrogen-bond acceptors (Lipinski definition) is 6. The summed E-state index contributed by atoms with van der Waals surface area (Å²) in [6, 6.07) is 17.3. The molecule has 8 nitrogen and oxygen atoms in total. The number of aromatic nitrogens is 3. The highest BCUT2D eigenvalue weighted by molar-refractivity contribution is 6.32. The molecule has 0 saturated heterocycles. The summed E-state index contributed by atoms with van der Waals surface area (Å²) in [7, 11) is 0. The lowest BCUT2D eigenvalue weighted by molar-refractivity contribution is 0.251. The number of nitrogens with one attached hydrogen (secondary N) is 4. The van der Waals surface area contributed by atoms with Gasteiger partial charge >= 0.3 is 6.03 Å². The second kappa shape index (κ2) is 9.76. The zero-order valence-electron chi connectivity index (χ0n) is 18.2. The zero-order valence-corrected chi connectivity index (χ0v) is 18.9. The molecule has 0 atom stereocenters. The Morgan fingerprint density at radius 1 is 1.00 bits per heavy atom. The van der Waals surface area contributed by atoms with Gasteiger partial charge in [0.2, 0.25) is 5.95 Å². The van der Waals surface area contributed by atoms with Crippen LogP contribution in [0, 0.1) is 0 Å². The first-order valence-corrected chi connectivity index (χ1v) is 11.2. The maximum absolute atomic E-state index is 12.6. The lowest BCUT2D eigenvalue weighted by Gasteiger charge is -2.15. The summed E-state index contributed by atoms with van der Waals surface area (Å²) in [6.45, 7) is 0.414. The number of aryl methyl sites for hydroxylation is 2. The predicted molar refractivity (Wildman–Crippen MR) is 134 cm³/mol. The Labute approximate surface area is 201 Å². The van der Waals surface area contributed by atoms with Gasteiger partial charge in [-0.2, -0.15) is 4.98 Å². The molecule has 0 fully saturated rings. The van der Waals surface area contributed by atoms with Crippen molar-refractivity contribution < 1.29 is 4.79 Å². The number of hydrogen-bond donors (Lipinski definition) is 4. The molecule has 2 aromatic carbocycles. The van der Waals surface area contributed by atoms with E-state index in [-0.39, 0.29) is 6.03 Å². The maximum Gasteiger partial charge on any atom is 0.319 e. The van der Waals surface area contributed by atoms with Crippen LogP contribution in [0.25, 0.3) is 0 Å². The third-order valence-electron chi connectivity index (χ3n) is 5.43. The predicted octanol–water partition coefficient (Wildman–Crippen LogP) is 5.43. The second-order valence-electron chi connectivity index (χ2n) is 7.88. The van der Waals surface area contributed by atoms with Crippen LogP contribution in [0.2, 0.25) is 5.02 Å². The van der Waals surface area contributed by atoms with E-state index in [0.29, 0.717) is 23.3 Å². The van der Waals surface area contributed by atoms with Crippen molar-refractivity contribution in [1.82, 2.24) is 20.3 Å². The molecule has 170 valence electrons. The molecule has 0 aliphatic carbocycles. The van der Waals surface area contributed by atoms with Gasteiger partial charge in [-0.1, -0.05) is 23.7 Å². The number of carbonyl (C=O) groups excluding carboxylic acids is 1. The van der Waals surface area contributed by atoms with Crippen molar-refractivity contribution in [2.24, 2.45) is 0 Å². The summed E-state index contributed by atoms with van der Waals surface area (Å²) in [5.74, 6) is 0.948. The normalized spacial score (nSPS) is 12.1. The molecule has 0 spiro atoms. The molecule has 6 bridgehead atoms. The molecular weight excluding hydrogens is 450 g/mol. The highest BCUT2D eigenvalue weighted by atomic mass is 35.5. The van der Waals surface area contributed by atoms with Gasteiger partial charge in [0, 0.05) is 36.0 Å². The summed E-state index contributed by atoms with van der Waals surface area (Å²) in [4.78, 5) is 25.4. The van der Waals surface area contributed by atoms with Gasteiger partial charge < -0.3 is 21.3 Å². The molecule has 4 aromatic rings. The smallest absolute Gasteiger partial charge is 0.319 e. The summed E-state index contributed by atoms with van der Waals surface area (Å²) < 4.78 is 0. The number of fused-ring (bicyclic) bond motifs is 6. The van der Waals surface area contributed by atoms with Crippen molar-refractivity contribution in [3.63, 3.8) is 0 Å². The number of urea groups is 1. The largest absolute Gasteiger partial charge is 0.339 e. The second-order valence-corrected chi connectivity index (χ2v) is 8.28. The van der Waals surface area contributed by atoms with E-state index in [4.69, 9.17) is 11.6 Å². The molecule has 1 aliphatic heterocycles. The van der Waals surface area contributed by atoms with E-state index in [2.05, 4.69) is 48.4 Å². The van der Waals surface area contributed by atoms with Crippen molar-refractivity contribution in [3.05, 3.63) is 94.9 Å². The van der Waals surface area contributed by atoms with E-state index >= 15 is 0 Å². The molecule has 1 aliphatic rings. The van der Waals surface area contributed by atoms with Gasteiger partial charge in [0.1, 0.15) is 5.02 Å². The standard InChI is InChI=1S/C25H22ClN7O/c26-21-15-28-24-31-19-3-1-2-16(12-19)4-5-18-13-20(30-23(21)33-24)6-7-22(18)32-25(34)29-14-17-8-10-27-11-9-17/h1-3,6-13,15H,4-5,14H2,(H2,29,32,34)(H2,28,30,31,33). The van der Waals surface area contributed by atoms with Gasteiger partial charge in [-0.25, -0.2) is 9.78 Å². The fraction of sp³-hybridized carbons (Fsp3) is 0.120. The number of pyridine rings is 1. The maximum atomic E-state index is 12.6. The number of carbonyl (C=O) groups is 1. The Kier molecular flexibility index (Phi) is 6.22. The van der Waals surface area contributed by atoms with Crippen LogP contribution in [-0.2, 0) is 19.4 Å². The Hall–Kier alpha value is -4.17. The topological polar surface area (TPSA) is 104 Å². The van der Waals surface area contributed by atoms with E-state index in [0.717, 1.165) is 46.6 Å². The monoisotopic (exact) mass is 471 g/mol. The van der Waals surface area contributed by atoms with Crippen molar-refractivity contribution >= 4 is 46.5 Å². The molecule has 34 heavy (non-hydrogen) atoms. The minimum absolute atomic E-state index is 0.272. The van der Waals surface area contributed by atoms with E-state index < -0.39 is 0 Å². The first-order chi connectivity index (χ1) is 16.6. The lowest BCUT2D eigenvalue weighted by atomic mass is 10.0. The molecule has 3 heterocycles. The van der Waals surface area contributed by atoms with Crippen LogP contribution in [-0.4, -0.2) is 21.0 Å². The Morgan fingerprint density at radius 3 is 2.74 bits per heavy atom. The average molecular weight is 472 g/mol. The number of rotatable bonds is 3. The number of benzene rings is 2. The molecular formula is C25H22ClN7O. The van der Waals surface area contributed by atoms with Crippen LogP contribution < -0.4 is 21.3 Å². The molecule has 4 N–H and O–H groups in total. The highest BCUT2D eigenvalue weighted by Gasteiger charge is 2.12.